The second kappa shape index (κ2) is 6.62. The second-order valence-electron chi connectivity index (χ2n) is 5.11. The summed E-state index contributed by atoms with van der Waals surface area (Å²) in [6, 6.07) is 10.7. The third-order valence-corrected chi connectivity index (χ3v) is 4.12. The number of rotatable bonds is 4. The van der Waals surface area contributed by atoms with Crippen molar-refractivity contribution in [1.29, 1.82) is 0 Å². The highest BCUT2D eigenvalue weighted by molar-refractivity contribution is 6.42. The van der Waals surface area contributed by atoms with Crippen LogP contribution in [-0.4, -0.2) is 22.0 Å². The molecule has 126 valence electrons. The van der Waals surface area contributed by atoms with Gasteiger partial charge >= 0.3 is 0 Å². The molecule has 0 spiro atoms. The zero-order valence-electron chi connectivity index (χ0n) is 12.7. The highest BCUT2D eigenvalue weighted by Gasteiger charge is 2.13. The van der Waals surface area contributed by atoms with Crippen molar-refractivity contribution in [2.24, 2.45) is 0 Å². The van der Waals surface area contributed by atoms with E-state index < -0.39 is 0 Å². The van der Waals surface area contributed by atoms with Crippen LogP contribution in [0.1, 0.15) is 0 Å². The molecule has 0 aliphatic carbocycles. The Labute approximate surface area is 152 Å². The first kappa shape index (κ1) is 15.7. The quantitative estimate of drug-likeness (QED) is 0.699. The Kier molecular flexibility index (Phi) is 4.17. The van der Waals surface area contributed by atoms with Crippen molar-refractivity contribution >= 4 is 46.3 Å². The summed E-state index contributed by atoms with van der Waals surface area (Å²) in [4.78, 5) is 4.36. The molecule has 0 fully saturated rings. The summed E-state index contributed by atoms with van der Waals surface area (Å²) in [7, 11) is 0. The third kappa shape index (κ3) is 3.52. The molecule has 1 aromatic heterocycles. The third-order valence-electron chi connectivity index (χ3n) is 3.38. The van der Waals surface area contributed by atoms with Crippen LogP contribution in [0.3, 0.4) is 0 Å². The minimum atomic E-state index is 0.228. The molecule has 0 saturated heterocycles. The maximum absolute atomic E-state index is 6.00. The Morgan fingerprint density at radius 1 is 0.880 bits per heavy atom. The van der Waals surface area contributed by atoms with Gasteiger partial charge in [-0.1, -0.05) is 23.2 Å². The van der Waals surface area contributed by atoms with E-state index >= 15 is 0 Å². The molecule has 1 aliphatic heterocycles. The van der Waals surface area contributed by atoms with Gasteiger partial charge in [-0.25, -0.2) is 0 Å². The molecule has 2 N–H and O–H groups in total. The Bertz CT molecular complexity index is 938. The molecular formula is C16H11Cl2N5O2. The summed E-state index contributed by atoms with van der Waals surface area (Å²) < 4.78 is 10.6. The van der Waals surface area contributed by atoms with Crippen LogP contribution in [-0.2, 0) is 0 Å². The van der Waals surface area contributed by atoms with Crippen LogP contribution in [0, 0.1) is 0 Å². The standard InChI is InChI=1S/C16H11Cl2N5O2/c17-11-3-1-9(5-12(11)18)21-16-22-15(7-19-23-16)20-10-2-4-13-14(6-10)25-8-24-13/h1-7H,8H2,(H2,20,21,22,23). The van der Waals surface area contributed by atoms with Crippen LogP contribution in [0.25, 0.3) is 0 Å². The van der Waals surface area contributed by atoms with Gasteiger partial charge in [0.05, 0.1) is 16.2 Å². The number of anilines is 4. The largest absolute Gasteiger partial charge is 0.454 e. The molecule has 0 unspecified atom stereocenters. The first-order valence-corrected chi connectivity index (χ1v) is 8.01. The van der Waals surface area contributed by atoms with E-state index in [1.807, 2.05) is 18.2 Å². The van der Waals surface area contributed by atoms with Crippen molar-refractivity contribution in [3.05, 3.63) is 52.6 Å². The lowest BCUT2D eigenvalue weighted by molar-refractivity contribution is 0.174. The van der Waals surface area contributed by atoms with E-state index in [9.17, 15) is 0 Å². The van der Waals surface area contributed by atoms with Crippen LogP contribution < -0.4 is 20.1 Å². The smallest absolute Gasteiger partial charge is 0.249 e. The van der Waals surface area contributed by atoms with Crippen molar-refractivity contribution < 1.29 is 9.47 Å². The molecule has 2 heterocycles. The molecule has 0 amide bonds. The van der Waals surface area contributed by atoms with Gasteiger partial charge < -0.3 is 20.1 Å². The molecule has 3 aromatic rings. The summed E-state index contributed by atoms with van der Waals surface area (Å²) in [6.45, 7) is 0.228. The molecule has 0 atom stereocenters. The fourth-order valence-electron chi connectivity index (χ4n) is 2.24. The SMILES string of the molecule is Clc1ccc(Nc2nncc(Nc3ccc4c(c3)OCO4)n2)cc1Cl. The first-order chi connectivity index (χ1) is 12.2. The second-order valence-corrected chi connectivity index (χ2v) is 5.93. The number of hydrogen-bond donors (Lipinski definition) is 2. The van der Waals surface area contributed by atoms with Crippen molar-refractivity contribution in [3.8, 4) is 11.5 Å². The Balaban J connectivity index is 1.52. The fourth-order valence-corrected chi connectivity index (χ4v) is 2.54. The molecule has 0 saturated carbocycles. The highest BCUT2D eigenvalue weighted by atomic mass is 35.5. The van der Waals surface area contributed by atoms with Crippen LogP contribution in [0.15, 0.2) is 42.6 Å². The molecule has 7 nitrogen and oxygen atoms in total. The molecule has 0 bridgehead atoms. The van der Waals surface area contributed by atoms with Crippen molar-refractivity contribution in [1.82, 2.24) is 15.2 Å². The molecule has 1 aliphatic rings. The summed E-state index contributed by atoms with van der Waals surface area (Å²) in [6.07, 6.45) is 1.52. The van der Waals surface area contributed by atoms with Gasteiger partial charge in [0.25, 0.3) is 0 Å². The zero-order chi connectivity index (χ0) is 17.2. The maximum Gasteiger partial charge on any atom is 0.249 e. The van der Waals surface area contributed by atoms with Crippen molar-refractivity contribution in [2.75, 3.05) is 17.4 Å². The molecule has 9 heteroatoms. The number of hydrogen-bond acceptors (Lipinski definition) is 7. The number of halogens is 2. The van der Waals surface area contributed by atoms with Gasteiger partial charge in [-0.05, 0) is 30.3 Å². The van der Waals surface area contributed by atoms with E-state index in [2.05, 4.69) is 25.8 Å². The van der Waals surface area contributed by atoms with Gasteiger partial charge in [0.1, 0.15) is 0 Å². The Morgan fingerprint density at radius 2 is 1.68 bits per heavy atom. The van der Waals surface area contributed by atoms with Gasteiger partial charge in [0.2, 0.25) is 12.7 Å². The number of ether oxygens (including phenoxy) is 2. The van der Waals surface area contributed by atoms with Gasteiger partial charge in [0, 0.05) is 17.4 Å². The van der Waals surface area contributed by atoms with Crippen LogP contribution in [0.2, 0.25) is 10.0 Å². The van der Waals surface area contributed by atoms with E-state index in [0.29, 0.717) is 39.0 Å². The summed E-state index contributed by atoms with van der Waals surface area (Å²) in [5.41, 5.74) is 1.50. The first-order valence-electron chi connectivity index (χ1n) is 7.26. The number of benzene rings is 2. The number of nitrogens with one attached hydrogen (secondary N) is 2. The monoisotopic (exact) mass is 375 g/mol. The predicted molar refractivity (Wildman–Crippen MR) is 95.4 cm³/mol. The summed E-state index contributed by atoms with van der Waals surface area (Å²) >= 11 is 11.9. The van der Waals surface area contributed by atoms with E-state index in [-0.39, 0.29) is 6.79 Å². The topological polar surface area (TPSA) is 81.2 Å². The van der Waals surface area contributed by atoms with Crippen LogP contribution in [0.4, 0.5) is 23.1 Å². The normalized spacial score (nSPS) is 12.1. The van der Waals surface area contributed by atoms with E-state index in [1.54, 1.807) is 18.2 Å². The number of aromatic nitrogens is 3. The summed E-state index contributed by atoms with van der Waals surface area (Å²) in [5, 5.41) is 15.0. The average Bonchev–Trinajstić information content (AvgIpc) is 3.06. The zero-order valence-corrected chi connectivity index (χ0v) is 14.2. The molecule has 2 aromatic carbocycles. The minimum Gasteiger partial charge on any atom is -0.454 e. The Hall–Kier alpha value is -2.77. The van der Waals surface area contributed by atoms with E-state index in [1.165, 1.54) is 6.20 Å². The van der Waals surface area contributed by atoms with Crippen LogP contribution in [0.5, 0.6) is 11.5 Å². The highest BCUT2D eigenvalue weighted by Crippen LogP contribution is 2.35. The van der Waals surface area contributed by atoms with E-state index in [4.69, 9.17) is 32.7 Å². The maximum atomic E-state index is 6.00. The van der Waals surface area contributed by atoms with Gasteiger partial charge in [0.15, 0.2) is 17.3 Å². The summed E-state index contributed by atoms with van der Waals surface area (Å²) in [5.74, 6) is 2.25. The van der Waals surface area contributed by atoms with Gasteiger partial charge in [-0.15, -0.1) is 5.10 Å². The van der Waals surface area contributed by atoms with Crippen LogP contribution >= 0.6 is 23.2 Å². The Morgan fingerprint density at radius 3 is 2.56 bits per heavy atom. The lowest BCUT2D eigenvalue weighted by Gasteiger charge is -2.08. The molecular weight excluding hydrogens is 365 g/mol. The van der Waals surface area contributed by atoms with Crippen molar-refractivity contribution in [3.63, 3.8) is 0 Å². The van der Waals surface area contributed by atoms with Gasteiger partial charge in [-0.2, -0.15) is 10.1 Å². The number of fused-ring (bicyclic) bond motifs is 1. The molecule has 0 radical (unpaired) electrons. The lowest BCUT2D eigenvalue weighted by Crippen LogP contribution is -2.02. The van der Waals surface area contributed by atoms with Gasteiger partial charge in [-0.3, -0.25) is 0 Å². The fraction of sp³-hybridized carbons (Fsp3) is 0.0625. The van der Waals surface area contributed by atoms with Crippen molar-refractivity contribution in [2.45, 2.75) is 0 Å². The van der Waals surface area contributed by atoms with E-state index in [0.717, 1.165) is 5.69 Å². The minimum absolute atomic E-state index is 0.228. The predicted octanol–water partition coefficient (Wildman–Crippen LogP) is 4.39. The molecule has 4 rings (SSSR count). The lowest BCUT2D eigenvalue weighted by atomic mass is 10.3. The average molecular weight is 376 g/mol. The molecule has 25 heavy (non-hydrogen) atoms. The number of nitrogens with zero attached hydrogens (tertiary/aromatic N) is 3.